The van der Waals surface area contributed by atoms with E-state index in [1.165, 1.54) is 0 Å². The van der Waals surface area contributed by atoms with Crippen molar-refractivity contribution in [3.8, 4) is 0 Å². The molecule has 4 nitrogen and oxygen atoms in total. The van der Waals surface area contributed by atoms with Crippen LogP contribution in [0.1, 0.15) is 16.8 Å². The highest BCUT2D eigenvalue weighted by molar-refractivity contribution is 6.20. The van der Waals surface area contributed by atoms with Crippen molar-refractivity contribution in [2.75, 3.05) is 0 Å². The van der Waals surface area contributed by atoms with Gasteiger partial charge in [-0.3, -0.25) is 5.10 Å². The average Bonchev–Trinajstić information content (AvgIpc) is 2.72. The van der Waals surface area contributed by atoms with Gasteiger partial charge in [-0.15, -0.1) is 0 Å². The monoisotopic (exact) mass is 228 g/mol. The first-order valence-corrected chi connectivity index (χ1v) is 5.19. The van der Waals surface area contributed by atoms with Crippen molar-refractivity contribution >= 4 is 17.6 Å². The van der Waals surface area contributed by atoms with Crippen LogP contribution < -0.4 is 0 Å². The van der Waals surface area contributed by atoms with Gasteiger partial charge in [-0.2, -0.15) is 5.10 Å². The first kappa shape index (κ1) is 11.1. The van der Waals surface area contributed by atoms with Gasteiger partial charge in [0.2, 0.25) is 0 Å². The largest absolute Gasteiger partial charge is 0.478 e. The molecule has 0 aliphatic rings. The van der Waals surface area contributed by atoms with Crippen molar-refractivity contribution in [1.29, 1.82) is 0 Å². The summed E-state index contributed by atoms with van der Waals surface area (Å²) in [6, 6.07) is 9.03. The van der Waals surface area contributed by atoms with Gasteiger partial charge in [-0.25, -0.2) is 4.79 Å². The maximum atomic E-state index is 11.2. The van der Waals surface area contributed by atoms with Crippen LogP contribution in [0, 0.1) is 6.92 Å². The first-order valence-electron chi connectivity index (χ1n) is 5.19. The molecule has 0 bridgehead atoms. The van der Waals surface area contributed by atoms with E-state index in [4.69, 9.17) is 0 Å². The van der Waals surface area contributed by atoms with Gasteiger partial charge < -0.3 is 5.11 Å². The predicted molar refractivity (Wildman–Crippen MR) is 65.3 cm³/mol. The Balaban J connectivity index is 2.47. The van der Waals surface area contributed by atoms with Crippen LogP contribution in [0.4, 0.5) is 0 Å². The second kappa shape index (κ2) is 4.65. The van der Waals surface area contributed by atoms with Gasteiger partial charge in [0.15, 0.2) is 0 Å². The molecule has 17 heavy (non-hydrogen) atoms. The molecule has 1 heterocycles. The minimum Gasteiger partial charge on any atom is -0.478 e. The molecule has 2 rings (SSSR count). The van der Waals surface area contributed by atoms with Crippen molar-refractivity contribution in [3.63, 3.8) is 0 Å². The molecule has 4 heteroatoms. The fourth-order valence-corrected chi connectivity index (χ4v) is 1.55. The number of hydrogen-bond acceptors (Lipinski definition) is 2. The van der Waals surface area contributed by atoms with Crippen molar-refractivity contribution < 1.29 is 9.90 Å². The molecule has 1 aromatic carbocycles. The van der Waals surface area contributed by atoms with E-state index in [2.05, 4.69) is 10.2 Å². The number of carboxylic acids is 1. The summed E-state index contributed by atoms with van der Waals surface area (Å²) in [5, 5.41) is 15.9. The van der Waals surface area contributed by atoms with Crippen LogP contribution in [0.15, 0.2) is 36.5 Å². The van der Waals surface area contributed by atoms with Crippen molar-refractivity contribution in [2.45, 2.75) is 6.92 Å². The molecule has 0 atom stereocenters. The van der Waals surface area contributed by atoms with Gasteiger partial charge in [0.05, 0.1) is 11.8 Å². The van der Waals surface area contributed by atoms with Gasteiger partial charge in [0.1, 0.15) is 0 Å². The van der Waals surface area contributed by atoms with Crippen molar-refractivity contribution in [2.24, 2.45) is 0 Å². The zero-order valence-corrected chi connectivity index (χ0v) is 9.34. The third kappa shape index (κ3) is 2.42. The summed E-state index contributed by atoms with van der Waals surface area (Å²) in [5.74, 6) is -0.947. The molecule has 0 aliphatic heterocycles. The number of carbonyl (C=O) groups is 1. The van der Waals surface area contributed by atoms with E-state index in [1.54, 1.807) is 24.4 Å². The minimum atomic E-state index is -0.947. The van der Waals surface area contributed by atoms with Crippen molar-refractivity contribution in [3.05, 3.63) is 53.3 Å². The van der Waals surface area contributed by atoms with Gasteiger partial charge in [-0.05, 0) is 18.6 Å². The first-order chi connectivity index (χ1) is 8.18. The second-order valence-electron chi connectivity index (χ2n) is 3.68. The number of nitrogens with zero attached hydrogens (tertiary/aromatic N) is 1. The van der Waals surface area contributed by atoms with Crippen LogP contribution in [-0.4, -0.2) is 21.3 Å². The van der Waals surface area contributed by atoms with E-state index < -0.39 is 5.97 Å². The molecule has 0 saturated carbocycles. The second-order valence-corrected chi connectivity index (χ2v) is 3.68. The van der Waals surface area contributed by atoms with Gasteiger partial charge in [0.25, 0.3) is 0 Å². The maximum absolute atomic E-state index is 11.2. The summed E-state index contributed by atoms with van der Waals surface area (Å²) < 4.78 is 0. The number of aryl methyl sites for hydroxylation is 1. The van der Waals surface area contributed by atoms with Crippen molar-refractivity contribution in [1.82, 2.24) is 10.2 Å². The van der Waals surface area contributed by atoms with Gasteiger partial charge in [0, 0.05) is 11.3 Å². The normalized spacial score (nSPS) is 11.5. The topological polar surface area (TPSA) is 66.0 Å². The predicted octanol–water partition coefficient (Wildman–Crippen LogP) is 2.34. The van der Waals surface area contributed by atoms with Crippen LogP contribution >= 0.6 is 0 Å². The molecule has 0 amide bonds. The van der Waals surface area contributed by atoms with Crippen LogP contribution in [0.2, 0.25) is 0 Å². The Labute approximate surface area is 98.6 Å². The number of aromatic amines is 1. The third-order valence-corrected chi connectivity index (χ3v) is 2.48. The number of benzene rings is 1. The molecule has 2 aromatic rings. The fraction of sp³-hybridized carbons (Fsp3) is 0.0769. The Bertz CT molecular complexity index is 556. The summed E-state index contributed by atoms with van der Waals surface area (Å²) in [6.45, 7) is 1.85. The molecular formula is C13H12N2O2. The van der Waals surface area contributed by atoms with Gasteiger partial charge in [-0.1, -0.05) is 30.3 Å². The minimum absolute atomic E-state index is 0.259. The van der Waals surface area contributed by atoms with Gasteiger partial charge >= 0.3 is 5.97 Å². The van der Waals surface area contributed by atoms with E-state index >= 15 is 0 Å². The number of aromatic nitrogens is 2. The van der Waals surface area contributed by atoms with Crippen LogP contribution in [0.25, 0.3) is 11.6 Å². The molecule has 0 unspecified atom stereocenters. The zero-order chi connectivity index (χ0) is 12.3. The Morgan fingerprint density at radius 2 is 2.06 bits per heavy atom. The summed E-state index contributed by atoms with van der Waals surface area (Å²) >= 11 is 0. The Kier molecular flexibility index (Phi) is 3.05. The van der Waals surface area contributed by atoms with Crippen LogP contribution in [0.5, 0.6) is 0 Å². The van der Waals surface area contributed by atoms with Crippen LogP contribution in [0.3, 0.4) is 0 Å². The molecule has 2 N–H and O–H groups in total. The Hall–Kier alpha value is -2.36. The van der Waals surface area contributed by atoms with E-state index in [9.17, 15) is 9.90 Å². The lowest BCUT2D eigenvalue weighted by molar-refractivity contribution is -0.130. The fourth-order valence-electron chi connectivity index (χ4n) is 1.55. The molecule has 86 valence electrons. The lowest BCUT2D eigenvalue weighted by Crippen LogP contribution is -1.99. The lowest BCUT2D eigenvalue weighted by atomic mass is 10.0. The summed E-state index contributed by atoms with van der Waals surface area (Å²) in [4.78, 5) is 11.2. The Morgan fingerprint density at radius 1 is 1.35 bits per heavy atom. The molecule has 0 aliphatic carbocycles. The van der Waals surface area contributed by atoms with E-state index in [0.29, 0.717) is 5.56 Å². The number of rotatable bonds is 3. The van der Waals surface area contributed by atoms with E-state index in [1.807, 2.05) is 25.1 Å². The summed E-state index contributed by atoms with van der Waals surface area (Å²) in [7, 11) is 0. The zero-order valence-electron chi connectivity index (χ0n) is 9.34. The molecule has 1 aromatic heterocycles. The third-order valence-electron chi connectivity index (χ3n) is 2.48. The number of carboxylic acid groups (broad SMARTS) is 1. The lowest BCUT2D eigenvalue weighted by Gasteiger charge is -2.02. The molecule has 0 spiro atoms. The number of nitrogens with one attached hydrogen (secondary N) is 1. The summed E-state index contributed by atoms with van der Waals surface area (Å²) in [6.07, 6.45) is 3.23. The number of aliphatic carboxylic acids is 1. The highest BCUT2D eigenvalue weighted by Crippen LogP contribution is 2.19. The van der Waals surface area contributed by atoms with E-state index in [-0.39, 0.29) is 5.57 Å². The smallest absolute Gasteiger partial charge is 0.336 e. The highest BCUT2D eigenvalue weighted by atomic mass is 16.4. The molecule has 0 fully saturated rings. The number of hydrogen-bond donors (Lipinski definition) is 2. The highest BCUT2D eigenvalue weighted by Gasteiger charge is 2.10. The van der Waals surface area contributed by atoms with E-state index in [0.717, 1.165) is 11.3 Å². The molecular weight excluding hydrogens is 216 g/mol. The Morgan fingerprint density at radius 3 is 2.59 bits per heavy atom. The number of H-pyrrole nitrogens is 1. The summed E-state index contributed by atoms with van der Waals surface area (Å²) in [5.41, 5.74) is 2.57. The molecule has 0 radical (unpaired) electrons. The average molecular weight is 228 g/mol. The quantitative estimate of drug-likeness (QED) is 0.792. The molecule has 0 saturated heterocycles. The maximum Gasteiger partial charge on any atom is 0.336 e. The van der Waals surface area contributed by atoms with Crippen LogP contribution in [-0.2, 0) is 4.79 Å². The SMILES string of the molecule is Cc1[nH]ncc1/C=C(/C(=O)O)c1ccccc1. The standard InChI is InChI=1S/C13H12N2O2/c1-9-11(8-14-15-9)7-12(13(16)17)10-5-3-2-4-6-10/h2-8H,1H3,(H,14,15)(H,16,17)/b12-7+.